The van der Waals surface area contributed by atoms with E-state index in [1.807, 2.05) is 0 Å². The highest BCUT2D eigenvalue weighted by Gasteiger charge is 2.45. The Morgan fingerprint density at radius 2 is 1.73 bits per heavy atom. The van der Waals surface area contributed by atoms with Crippen LogP contribution in [0.15, 0.2) is 60.2 Å². The van der Waals surface area contributed by atoms with Crippen LogP contribution in [0.3, 0.4) is 0 Å². The number of benzene rings is 2. The molecule has 0 aliphatic carbocycles. The van der Waals surface area contributed by atoms with E-state index in [1.54, 1.807) is 30.3 Å². The molecule has 1 aliphatic rings. The normalized spacial score (nSPS) is 18.0. The van der Waals surface area contributed by atoms with Gasteiger partial charge < -0.3 is 19.8 Å². The molecule has 156 valence electrons. The summed E-state index contributed by atoms with van der Waals surface area (Å²) in [6, 6.07) is 13.0. The second-order valence-electron chi connectivity index (χ2n) is 6.54. The topological polar surface area (TPSA) is 130 Å². The summed E-state index contributed by atoms with van der Waals surface area (Å²) in [5.41, 5.74) is 0.563. The number of carbonyl (C=O) groups is 2. The number of aliphatic hydroxyl groups excluding tert-OH is 2. The van der Waals surface area contributed by atoms with E-state index >= 15 is 0 Å². The standard InChI is InChI=1S/C21H20N2O7/c24-11-13-30-12-10-22-18(14-4-2-1-3-5-14)17(20(26)21(22)27)19(25)15-6-8-16(9-7-15)23(28)29/h1-9,18,24-25H,10-13H2/b19-17+/t18-/m0/s1. The zero-order valence-corrected chi connectivity index (χ0v) is 15.9. The Morgan fingerprint density at radius 3 is 2.33 bits per heavy atom. The van der Waals surface area contributed by atoms with Gasteiger partial charge in [-0.2, -0.15) is 0 Å². The molecule has 0 bridgehead atoms. The molecule has 0 unspecified atom stereocenters. The molecule has 2 N–H and O–H groups in total. The third kappa shape index (κ3) is 4.22. The van der Waals surface area contributed by atoms with E-state index in [0.29, 0.717) is 5.56 Å². The number of ketones is 1. The molecule has 0 spiro atoms. The molecular weight excluding hydrogens is 392 g/mol. The fraction of sp³-hybridized carbons (Fsp3) is 0.238. The molecule has 2 aromatic carbocycles. The van der Waals surface area contributed by atoms with Gasteiger partial charge in [0.1, 0.15) is 5.76 Å². The average Bonchev–Trinajstić information content (AvgIpc) is 3.01. The van der Waals surface area contributed by atoms with E-state index in [-0.39, 0.29) is 43.2 Å². The molecule has 9 heteroatoms. The van der Waals surface area contributed by atoms with Crippen molar-refractivity contribution in [3.05, 3.63) is 81.4 Å². The van der Waals surface area contributed by atoms with Crippen LogP contribution in [0.4, 0.5) is 5.69 Å². The van der Waals surface area contributed by atoms with E-state index in [4.69, 9.17) is 9.84 Å². The summed E-state index contributed by atoms with van der Waals surface area (Å²) in [5.74, 6) is -2.03. The summed E-state index contributed by atoms with van der Waals surface area (Å²) in [5, 5.41) is 30.5. The maximum absolute atomic E-state index is 12.8. The van der Waals surface area contributed by atoms with Crippen molar-refractivity contribution < 1.29 is 29.5 Å². The molecule has 0 saturated carbocycles. The van der Waals surface area contributed by atoms with Crippen molar-refractivity contribution in [2.45, 2.75) is 6.04 Å². The van der Waals surface area contributed by atoms with Crippen LogP contribution in [0.25, 0.3) is 5.76 Å². The van der Waals surface area contributed by atoms with E-state index < -0.39 is 28.4 Å². The van der Waals surface area contributed by atoms with Crippen molar-refractivity contribution in [3.8, 4) is 0 Å². The van der Waals surface area contributed by atoms with Gasteiger partial charge in [-0.05, 0) is 17.7 Å². The zero-order valence-electron chi connectivity index (χ0n) is 15.9. The van der Waals surface area contributed by atoms with Crippen LogP contribution in [0.1, 0.15) is 17.2 Å². The van der Waals surface area contributed by atoms with Gasteiger partial charge in [0.25, 0.3) is 17.4 Å². The number of nitro groups is 1. The number of nitro benzene ring substituents is 1. The van der Waals surface area contributed by atoms with Crippen LogP contribution < -0.4 is 0 Å². The lowest BCUT2D eigenvalue weighted by atomic mass is 9.95. The molecule has 2 aromatic rings. The second-order valence-corrected chi connectivity index (χ2v) is 6.54. The molecule has 0 radical (unpaired) electrons. The highest BCUT2D eigenvalue weighted by molar-refractivity contribution is 6.46. The number of hydrogen-bond acceptors (Lipinski definition) is 7. The average molecular weight is 412 g/mol. The van der Waals surface area contributed by atoms with E-state index in [0.717, 1.165) is 0 Å². The van der Waals surface area contributed by atoms with Gasteiger partial charge in [0.05, 0.1) is 36.4 Å². The monoisotopic (exact) mass is 412 g/mol. The number of likely N-dealkylation sites (tertiary alicyclic amines) is 1. The Kier molecular flexibility index (Phi) is 6.55. The van der Waals surface area contributed by atoms with Gasteiger partial charge in [0, 0.05) is 24.2 Å². The summed E-state index contributed by atoms with van der Waals surface area (Å²) in [4.78, 5) is 37.1. The second kappa shape index (κ2) is 9.29. The van der Waals surface area contributed by atoms with E-state index in [1.165, 1.54) is 29.2 Å². The number of non-ortho nitro benzene ring substituents is 1. The van der Waals surface area contributed by atoms with Gasteiger partial charge in [0.15, 0.2) is 0 Å². The minimum absolute atomic E-state index is 0.0845. The largest absolute Gasteiger partial charge is 0.507 e. The van der Waals surface area contributed by atoms with Gasteiger partial charge in [0.2, 0.25) is 0 Å². The van der Waals surface area contributed by atoms with Crippen molar-refractivity contribution in [1.29, 1.82) is 0 Å². The van der Waals surface area contributed by atoms with Crippen LogP contribution in [0.5, 0.6) is 0 Å². The van der Waals surface area contributed by atoms with E-state index in [2.05, 4.69) is 0 Å². The predicted octanol–water partition coefficient (Wildman–Crippen LogP) is 2.03. The summed E-state index contributed by atoms with van der Waals surface area (Å²) < 4.78 is 5.23. The maximum atomic E-state index is 12.8. The summed E-state index contributed by atoms with van der Waals surface area (Å²) in [6.07, 6.45) is 0. The van der Waals surface area contributed by atoms with Gasteiger partial charge in [-0.1, -0.05) is 30.3 Å². The van der Waals surface area contributed by atoms with Gasteiger partial charge in [-0.3, -0.25) is 19.7 Å². The minimum Gasteiger partial charge on any atom is -0.507 e. The van der Waals surface area contributed by atoms with Crippen molar-refractivity contribution in [1.82, 2.24) is 4.90 Å². The summed E-state index contributed by atoms with van der Waals surface area (Å²) >= 11 is 0. The molecule has 3 rings (SSSR count). The number of hydrogen-bond donors (Lipinski definition) is 2. The molecule has 1 saturated heterocycles. The molecule has 1 aliphatic heterocycles. The number of rotatable bonds is 8. The Labute approximate surface area is 172 Å². The lowest BCUT2D eigenvalue weighted by molar-refractivity contribution is -0.384. The minimum atomic E-state index is -0.845. The van der Waals surface area contributed by atoms with Crippen LogP contribution in [0.2, 0.25) is 0 Å². The Bertz CT molecular complexity index is 971. The van der Waals surface area contributed by atoms with Gasteiger partial charge >= 0.3 is 0 Å². The van der Waals surface area contributed by atoms with E-state index in [9.17, 15) is 24.8 Å². The van der Waals surface area contributed by atoms with Crippen LogP contribution >= 0.6 is 0 Å². The van der Waals surface area contributed by atoms with Gasteiger partial charge in [-0.15, -0.1) is 0 Å². The Morgan fingerprint density at radius 1 is 1.07 bits per heavy atom. The molecule has 1 fully saturated rings. The third-order valence-corrected chi connectivity index (χ3v) is 4.72. The predicted molar refractivity (Wildman–Crippen MR) is 106 cm³/mol. The third-order valence-electron chi connectivity index (χ3n) is 4.72. The molecule has 1 atom stereocenters. The molecule has 9 nitrogen and oxygen atoms in total. The fourth-order valence-corrected chi connectivity index (χ4v) is 3.32. The SMILES string of the molecule is O=C1C(=O)N(CCOCCO)[C@@H](c2ccccc2)/C1=C(\O)c1ccc([N+](=O)[O-])cc1. The van der Waals surface area contributed by atoms with Crippen molar-refractivity contribution in [3.63, 3.8) is 0 Å². The Balaban J connectivity index is 2.03. The first kappa shape index (κ1) is 21.2. The Hall–Kier alpha value is -3.56. The first-order valence-corrected chi connectivity index (χ1v) is 9.22. The van der Waals surface area contributed by atoms with Crippen molar-refractivity contribution in [2.24, 2.45) is 0 Å². The maximum Gasteiger partial charge on any atom is 0.295 e. The number of aliphatic hydroxyl groups is 2. The number of amides is 1. The number of Topliss-reactive ketones (excluding diaryl/α,β-unsaturated/α-hetero) is 1. The molecular formula is C21H20N2O7. The molecule has 1 amide bonds. The van der Waals surface area contributed by atoms with Crippen LogP contribution in [-0.4, -0.2) is 58.1 Å². The van der Waals surface area contributed by atoms with Crippen LogP contribution in [-0.2, 0) is 14.3 Å². The molecule has 30 heavy (non-hydrogen) atoms. The number of carbonyl (C=O) groups excluding carboxylic acids is 2. The number of nitrogens with zero attached hydrogens (tertiary/aromatic N) is 2. The number of ether oxygens (including phenoxy) is 1. The highest BCUT2D eigenvalue weighted by atomic mass is 16.6. The quantitative estimate of drug-likeness (QED) is 0.169. The highest BCUT2D eigenvalue weighted by Crippen LogP contribution is 2.39. The van der Waals surface area contributed by atoms with Crippen LogP contribution in [0, 0.1) is 10.1 Å². The molecule has 1 heterocycles. The first-order valence-electron chi connectivity index (χ1n) is 9.22. The van der Waals surface area contributed by atoms with Crippen molar-refractivity contribution >= 4 is 23.1 Å². The summed E-state index contributed by atoms with van der Waals surface area (Å²) in [6.45, 7) is 0.124. The van der Waals surface area contributed by atoms with Gasteiger partial charge in [-0.25, -0.2) is 0 Å². The van der Waals surface area contributed by atoms with Crippen molar-refractivity contribution in [2.75, 3.05) is 26.4 Å². The summed E-state index contributed by atoms with van der Waals surface area (Å²) in [7, 11) is 0. The lowest BCUT2D eigenvalue weighted by Crippen LogP contribution is -2.33. The lowest BCUT2D eigenvalue weighted by Gasteiger charge is -2.25. The smallest absolute Gasteiger partial charge is 0.295 e. The first-order chi connectivity index (χ1) is 14.5. The molecule has 0 aromatic heterocycles. The zero-order chi connectivity index (χ0) is 21.7. The fourth-order valence-electron chi connectivity index (χ4n) is 3.32.